The minimum absolute atomic E-state index is 0.00842. The van der Waals surface area contributed by atoms with Gasteiger partial charge in [-0.25, -0.2) is 4.79 Å². The van der Waals surface area contributed by atoms with Crippen LogP contribution in [-0.4, -0.2) is 48.8 Å². The van der Waals surface area contributed by atoms with Crippen LogP contribution in [-0.2, 0) is 23.9 Å². The van der Waals surface area contributed by atoms with Crippen LogP contribution in [0.5, 0.6) is 0 Å². The molecule has 0 aromatic heterocycles. The molecule has 7 nitrogen and oxygen atoms in total. The second-order valence-electron chi connectivity index (χ2n) is 4.59. The smallest absolute Gasteiger partial charge is 0.326 e. The largest absolute Gasteiger partial charge is 0.480 e. The third kappa shape index (κ3) is 4.86. The molecular formula is C12H19NO6. The number of esters is 1. The highest BCUT2D eigenvalue weighted by Crippen LogP contribution is 2.19. The summed E-state index contributed by atoms with van der Waals surface area (Å²) in [5.41, 5.74) is 0. The molecule has 1 heterocycles. The molecule has 1 saturated heterocycles. The Kier molecular flexibility index (Phi) is 5.75. The summed E-state index contributed by atoms with van der Waals surface area (Å²) in [5, 5.41) is 11.4. The van der Waals surface area contributed by atoms with Gasteiger partial charge in [0.15, 0.2) is 0 Å². The summed E-state index contributed by atoms with van der Waals surface area (Å²) >= 11 is 0. The van der Waals surface area contributed by atoms with Crippen LogP contribution in [0.4, 0.5) is 0 Å². The maximum atomic E-state index is 11.8. The Bertz CT molecular complexity index is 356. The number of carboxylic acids is 1. The van der Waals surface area contributed by atoms with E-state index in [1.807, 2.05) is 6.92 Å². The van der Waals surface area contributed by atoms with Gasteiger partial charge in [-0.1, -0.05) is 0 Å². The van der Waals surface area contributed by atoms with Crippen molar-refractivity contribution in [2.24, 2.45) is 5.92 Å². The molecule has 3 atom stereocenters. The van der Waals surface area contributed by atoms with E-state index in [1.165, 1.54) is 7.11 Å². The molecule has 1 rings (SSSR count). The summed E-state index contributed by atoms with van der Waals surface area (Å²) < 4.78 is 9.70. The first-order chi connectivity index (χ1) is 8.93. The highest BCUT2D eigenvalue weighted by molar-refractivity contribution is 5.85. The third-order valence-corrected chi connectivity index (χ3v) is 3.05. The van der Waals surface area contributed by atoms with Gasteiger partial charge in [0.2, 0.25) is 5.91 Å². The Morgan fingerprint density at radius 3 is 2.63 bits per heavy atom. The van der Waals surface area contributed by atoms with Gasteiger partial charge in [-0.3, -0.25) is 9.59 Å². The van der Waals surface area contributed by atoms with Crippen LogP contribution in [0, 0.1) is 5.92 Å². The van der Waals surface area contributed by atoms with Crippen molar-refractivity contribution in [2.45, 2.75) is 38.3 Å². The van der Waals surface area contributed by atoms with Gasteiger partial charge in [-0.05, 0) is 19.8 Å². The van der Waals surface area contributed by atoms with E-state index in [2.05, 4.69) is 10.1 Å². The highest BCUT2D eigenvalue weighted by atomic mass is 16.5. The molecule has 0 bridgehead atoms. The van der Waals surface area contributed by atoms with Crippen LogP contribution in [0.3, 0.4) is 0 Å². The zero-order valence-corrected chi connectivity index (χ0v) is 11.0. The SMILES string of the molecule is COC(=O)CC[C@H](NC(=O)C1COC(C)C1)C(=O)O. The molecule has 2 N–H and O–H groups in total. The van der Waals surface area contributed by atoms with E-state index in [0.29, 0.717) is 13.0 Å². The summed E-state index contributed by atoms with van der Waals surface area (Å²) in [5.74, 6) is -2.33. The fraction of sp³-hybridized carbons (Fsp3) is 0.750. The van der Waals surface area contributed by atoms with Gasteiger partial charge in [0, 0.05) is 6.42 Å². The molecule has 0 aromatic carbocycles. The average molecular weight is 273 g/mol. The van der Waals surface area contributed by atoms with Gasteiger partial charge in [-0.15, -0.1) is 0 Å². The number of hydrogen-bond acceptors (Lipinski definition) is 5. The first kappa shape index (κ1) is 15.4. The van der Waals surface area contributed by atoms with Crippen LogP contribution < -0.4 is 5.32 Å². The monoisotopic (exact) mass is 273 g/mol. The lowest BCUT2D eigenvalue weighted by Crippen LogP contribution is -2.44. The van der Waals surface area contributed by atoms with E-state index in [1.54, 1.807) is 0 Å². The summed E-state index contributed by atoms with van der Waals surface area (Å²) in [6.45, 7) is 2.16. The zero-order chi connectivity index (χ0) is 14.4. The summed E-state index contributed by atoms with van der Waals surface area (Å²) in [6.07, 6.45) is 0.547. The topological polar surface area (TPSA) is 102 Å². The van der Waals surface area contributed by atoms with Gasteiger partial charge in [0.05, 0.1) is 25.7 Å². The van der Waals surface area contributed by atoms with Crippen molar-refractivity contribution in [3.8, 4) is 0 Å². The van der Waals surface area contributed by atoms with E-state index < -0.39 is 18.0 Å². The van der Waals surface area contributed by atoms with Crippen LogP contribution in [0.15, 0.2) is 0 Å². The molecule has 7 heteroatoms. The van der Waals surface area contributed by atoms with Crippen molar-refractivity contribution < 1.29 is 29.0 Å². The van der Waals surface area contributed by atoms with E-state index in [-0.39, 0.29) is 30.8 Å². The Hall–Kier alpha value is -1.63. The van der Waals surface area contributed by atoms with E-state index in [0.717, 1.165) is 0 Å². The van der Waals surface area contributed by atoms with Crippen LogP contribution in [0.1, 0.15) is 26.2 Å². The first-order valence-electron chi connectivity index (χ1n) is 6.15. The predicted octanol–water partition coefficient (Wildman–Crippen LogP) is -0.0660. The number of amides is 1. The number of rotatable bonds is 6. The molecular weight excluding hydrogens is 254 g/mol. The van der Waals surface area contributed by atoms with E-state index >= 15 is 0 Å². The average Bonchev–Trinajstić information content (AvgIpc) is 2.80. The third-order valence-electron chi connectivity index (χ3n) is 3.05. The Morgan fingerprint density at radius 1 is 1.47 bits per heavy atom. The molecule has 0 aliphatic carbocycles. The predicted molar refractivity (Wildman–Crippen MR) is 64.3 cm³/mol. The molecule has 0 spiro atoms. The van der Waals surface area contributed by atoms with Crippen molar-refractivity contribution in [3.05, 3.63) is 0 Å². The van der Waals surface area contributed by atoms with Crippen molar-refractivity contribution >= 4 is 17.8 Å². The van der Waals surface area contributed by atoms with E-state index in [9.17, 15) is 14.4 Å². The van der Waals surface area contributed by atoms with Crippen LogP contribution in [0.2, 0.25) is 0 Å². The molecule has 1 fully saturated rings. The van der Waals surface area contributed by atoms with Gasteiger partial charge in [0.1, 0.15) is 6.04 Å². The standard InChI is InChI=1S/C12H19NO6/c1-7-5-8(6-19-7)11(15)13-9(12(16)17)3-4-10(14)18-2/h7-9H,3-6H2,1-2H3,(H,13,15)(H,16,17)/t7?,8?,9-/m0/s1. The molecule has 2 unspecified atom stereocenters. The lowest BCUT2D eigenvalue weighted by atomic mass is 10.0. The maximum absolute atomic E-state index is 11.8. The fourth-order valence-electron chi connectivity index (χ4n) is 1.91. The van der Waals surface area contributed by atoms with Crippen LogP contribution in [0.25, 0.3) is 0 Å². The van der Waals surface area contributed by atoms with Gasteiger partial charge < -0.3 is 19.9 Å². The van der Waals surface area contributed by atoms with Gasteiger partial charge >= 0.3 is 11.9 Å². The summed E-state index contributed by atoms with van der Waals surface area (Å²) in [6, 6.07) is -1.08. The minimum atomic E-state index is -1.16. The van der Waals surface area contributed by atoms with Gasteiger partial charge in [-0.2, -0.15) is 0 Å². The quantitative estimate of drug-likeness (QED) is 0.657. The molecule has 1 amide bonds. The minimum Gasteiger partial charge on any atom is -0.480 e. The van der Waals surface area contributed by atoms with E-state index in [4.69, 9.17) is 9.84 Å². The summed E-state index contributed by atoms with van der Waals surface area (Å²) in [4.78, 5) is 33.8. The number of ether oxygens (including phenoxy) is 2. The van der Waals surface area contributed by atoms with Gasteiger partial charge in [0.25, 0.3) is 0 Å². The fourth-order valence-corrected chi connectivity index (χ4v) is 1.91. The maximum Gasteiger partial charge on any atom is 0.326 e. The zero-order valence-electron chi connectivity index (χ0n) is 11.0. The Labute approximate surface area is 111 Å². The number of carbonyl (C=O) groups excluding carboxylic acids is 2. The second-order valence-corrected chi connectivity index (χ2v) is 4.59. The summed E-state index contributed by atoms with van der Waals surface area (Å²) in [7, 11) is 1.23. The lowest BCUT2D eigenvalue weighted by Gasteiger charge is -2.16. The van der Waals surface area contributed by atoms with Crippen molar-refractivity contribution in [1.29, 1.82) is 0 Å². The number of hydrogen-bond donors (Lipinski definition) is 2. The van der Waals surface area contributed by atoms with Crippen molar-refractivity contribution in [1.82, 2.24) is 5.32 Å². The molecule has 0 radical (unpaired) electrons. The van der Waals surface area contributed by atoms with Crippen LogP contribution >= 0.6 is 0 Å². The molecule has 108 valence electrons. The molecule has 19 heavy (non-hydrogen) atoms. The number of carbonyl (C=O) groups is 3. The first-order valence-corrected chi connectivity index (χ1v) is 6.15. The Morgan fingerprint density at radius 2 is 2.16 bits per heavy atom. The number of carboxylic acid groups (broad SMARTS) is 1. The molecule has 1 aliphatic heterocycles. The molecule has 0 saturated carbocycles. The molecule has 1 aliphatic rings. The van der Waals surface area contributed by atoms with Crippen molar-refractivity contribution in [2.75, 3.05) is 13.7 Å². The second kappa shape index (κ2) is 7.08. The lowest BCUT2D eigenvalue weighted by molar-refractivity contribution is -0.144. The number of nitrogens with one attached hydrogen (secondary N) is 1. The Balaban J connectivity index is 2.46. The normalized spacial score (nSPS) is 23.7. The number of methoxy groups -OCH3 is 1. The number of aliphatic carboxylic acids is 1. The highest BCUT2D eigenvalue weighted by Gasteiger charge is 2.31. The molecule has 0 aromatic rings. The van der Waals surface area contributed by atoms with Crippen molar-refractivity contribution in [3.63, 3.8) is 0 Å².